The summed E-state index contributed by atoms with van der Waals surface area (Å²) in [6, 6.07) is 9.72. The Hall–Kier alpha value is -2.52. The van der Waals surface area contributed by atoms with Gasteiger partial charge in [-0.25, -0.2) is 22.7 Å². The van der Waals surface area contributed by atoms with Crippen molar-refractivity contribution >= 4 is 27.0 Å². The number of para-hydroxylation sites is 2. The molecule has 1 atom stereocenters. The molecule has 0 saturated carbocycles. The Labute approximate surface area is 158 Å². The molecule has 2 aromatic heterocycles. The molecule has 1 aromatic carbocycles. The van der Waals surface area contributed by atoms with E-state index in [1.807, 2.05) is 34.9 Å². The highest BCUT2D eigenvalue weighted by atomic mass is 32.2. The molecule has 3 aromatic rings. The SMILES string of the molecule is CS(=O)(=O)N1CCC[C@@H](CNc2nccc(-n3cnc4ccccc43)n2)C1. The molecule has 0 spiro atoms. The van der Waals surface area contributed by atoms with Gasteiger partial charge in [-0.2, -0.15) is 4.98 Å². The number of fused-ring (bicyclic) bond motifs is 1. The molecule has 8 nitrogen and oxygen atoms in total. The number of sulfonamides is 1. The number of nitrogens with one attached hydrogen (secondary N) is 1. The van der Waals surface area contributed by atoms with Gasteiger partial charge in [0.25, 0.3) is 0 Å². The number of aromatic nitrogens is 4. The number of hydrogen-bond acceptors (Lipinski definition) is 6. The second-order valence-electron chi connectivity index (χ2n) is 6.85. The highest BCUT2D eigenvalue weighted by molar-refractivity contribution is 7.88. The van der Waals surface area contributed by atoms with E-state index in [1.54, 1.807) is 16.8 Å². The zero-order valence-electron chi connectivity index (χ0n) is 15.1. The summed E-state index contributed by atoms with van der Waals surface area (Å²) in [4.78, 5) is 13.3. The van der Waals surface area contributed by atoms with Crippen LogP contribution in [0.1, 0.15) is 12.8 Å². The highest BCUT2D eigenvalue weighted by Crippen LogP contribution is 2.20. The Kier molecular flexibility index (Phi) is 4.79. The Bertz CT molecular complexity index is 1050. The average molecular weight is 386 g/mol. The molecule has 27 heavy (non-hydrogen) atoms. The number of nitrogens with zero attached hydrogens (tertiary/aromatic N) is 5. The lowest BCUT2D eigenvalue weighted by Gasteiger charge is -2.30. The molecule has 1 fully saturated rings. The predicted molar refractivity (Wildman–Crippen MR) is 104 cm³/mol. The van der Waals surface area contributed by atoms with Gasteiger partial charge in [0.05, 0.1) is 17.3 Å². The van der Waals surface area contributed by atoms with Crippen LogP contribution in [0.5, 0.6) is 0 Å². The van der Waals surface area contributed by atoms with Crippen molar-refractivity contribution in [3.8, 4) is 5.82 Å². The van der Waals surface area contributed by atoms with Crippen LogP contribution in [0.4, 0.5) is 5.95 Å². The first-order chi connectivity index (χ1) is 13.0. The van der Waals surface area contributed by atoms with Gasteiger partial charge in [0.2, 0.25) is 16.0 Å². The molecular weight excluding hydrogens is 364 g/mol. The van der Waals surface area contributed by atoms with Crippen molar-refractivity contribution in [2.75, 3.05) is 31.2 Å². The highest BCUT2D eigenvalue weighted by Gasteiger charge is 2.25. The van der Waals surface area contributed by atoms with Crippen LogP contribution in [0.15, 0.2) is 42.9 Å². The van der Waals surface area contributed by atoms with Crippen molar-refractivity contribution in [3.05, 3.63) is 42.9 Å². The molecule has 0 bridgehead atoms. The first-order valence-electron chi connectivity index (χ1n) is 8.95. The van der Waals surface area contributed by atoms with Crippen molar-refractivity contribution in [2.45, 2.75) is 12.8 Å². The number of rotatable bonds is 5. The van der Waals surface area contributed by atoms with Gasteiger partial charge < -0.3 is 5.32 Å². The average Bonchev–Trinajstić information content (AvgIpc) is 3.10. The zero-order valence-corrected chi connectivity index (χ0v) is 15.9. The van der Waals surface area contributed by atoms with Gasteiger partial charge in [-0.3, -0.25) is 4.57 Å². The lowest BCUT2D eigenvalue weighted by Crippen LogP contribution is -2.41. The molecule has 0 radical (unpaired) electrons. The molecule has 0 aliphatic carbocycles. The third kappa shape index (κ3) is 3.93. The smallest absolute Gasteiger partial charge is 0.224 e. The van der Waals surface area contributed by atoms with Gasteiger partial charge in [-0.05, 0) is 37.0 Å². The largest absolute Gasteiger partial charge is 0.354 e. The minimum Gasteiger partial charge on any atom is -0.354 e. The maximum absolute atomic E-state index is 11.8. The van der Waals surface area contributed by atoms with Crippen molar-refractivity contribution < 1.29 is 8.42 Å². The van der Waals surface area contributed by atoms with Crippen molar-refractivity contribution in [1.82, 2.24) is 23.8 Å². The van der Waals surface area contributed by atoms with E-state index in [4.69, 9.17) is 0 Å². The first-order valence-corrected chi connectivity index (χ1v) is 10.8. The summed E-state index contributed by atoms with van der Waals surface area (Å²) in [6.07, 6.45) is 6.60. The van der Waals surface area contributed by atoms with Gasteiger partial charge in [-0.15, -0.1) is 0 Å². The molecule has 9 heteroatoms. The molecular formula is C18H22N6O2S. The Morgan fingerprint density at radius 3 is 2.93 bits per heavy atom. The van der Waals surface area contributed by atoms with Gasteiger partial charge in [0.1, 0.15) is 12.1 Å². The van der Waals surface area contributed by atoms with Gasteiger partial charge in [0, 0.05) is 25.8 Å². The van der Waals surface area contributed by atoms with Crippen LogP contribution in [0.3, 0.4) is 0 Å². The lowest BCUT2D eigenvalue weighted by atomic mass is 10.00. The van der Waals surface area contributed by atoms with Crippen LogP contribution in [-0.2, 0) is 10.0 Å². The van der Waals surface area contributed by atoms with E-state index >= 15 is 0 Å². The van der Waals surface area contributed by atoms with Crippen LogP contribution < -0.4 is 5.32 Å². The topological polar surface area (TPSA) is 93.0 Å². The van der Waals surface area contributed by atoms with Gasteiger partial charge in [-0.1, -0.05) is 12.1 Å². The van der Waals surface area contributed by atoms with Crippen molar-refractivity contribution in [2.24, 2.45) is 5.92 Å². The fourth-order valence-corrected chi connectivity index (χ4v) is 4.38. The number of anilines is 1. The minimum absolute atomic E-state index is 0.245. The molecule has 0 amide bonds. The summed E-state index contributed by atoms with van der Waals surface area (Å²) in [6.45, 7) is 1.78. The van der Waals surface area contributed by atoms with Crippen LogP contribution in [-0.4, -0.2) is 58.1 Å². The molecule has 1 saturated heterocycles. The molecule has 1 N–H and O–H groups in total. The van der Waals surface area contributed by atoms with Crippen LogP contribution in [0, 0.1) is 5.92 Å². The maximum Gasteiger partial charge on any atom is 0.224 e. The van der Waals surface area contributed by atoms with E-state index < -0.39 is 10.0 Å². The van der Waals surface area contributed by atoms with Crippen molar-refractivity contribution in [3.63, 3.8) is 0 Å². The summed E-state index contributed by atoms with van der Waals surface area (Å²) in [7, 11) is -3.13. The van der Waals surface area contributed by atoms with Crippen LogP contribution in [0.2, 0.25) is 0 Å². The lowest BCUT2D eigenvalue weighted by molar-refractivity contribution is 0.276. The normalized spacial score (nSPS) is 18.6. The van der Waals surface area contributed by atoms with Gasteiger partial charge >= 0.3 is 0 Å². The van der Waals surface area contributed by atoms with E-state index in [0.29, 0.717) is 25.6 Å². The fraction of sp³-hybridized carbons (Fsp3) is 0.389. The third-order valence-corrected chi connectivity index (χ3v) is 6.11. The van der Waals surface area contributed by atoms with E-state index in [0.717, 1.165) is 29.7 Å². The maximum atomic E-state index is 11.8. The van der Waals surface area contributed by atoms with E-state index in [-0.39, 0.29) is 5.92 Å². The summed E-state index contributed by atoms with van der Waals surface area (Å²) in [5, 5.41) is 3.26. The quantitative estimate of drug-likeness (QED) is 0.720. The number of hydrogen-bond donors (Lipinski definition) is 1. The molecule has 3 heterocycles. The zero-order chi connectivity index (χ0) is 18.9. The summed E-state index contributed by atoms with van der Waals surface area (Å²) >= 11 is 0. The summed E-state index contributed by atoms with van der Waals surface area (Å²) < 4.78 is 27.0. The molecule has 1 aliphatic heterocycles. The second kappa shape index (κ2) is 7.24. The Morgan fingerprint density at radius 2 is 2.07 bits per heavy atom. The number of imidazole rings is 1. The standard InChI is InChI=1S/C18H22N6O2S/c1-27(25,26)23-10-4-5-14(12-23)11-20-18-19-9-8-17(22-18)24-13-21-15-6-2-3-7-16(15)24/h2-3,6-9,13-14H,4-5,10-12H2,1H3,(H,19,20,22)/t14-/m0/s1. The minimum atomic E-state index is -3.13. The Morgan fingerprint density at radius 1 is 1.22 bits per heavy atom. The molecule has 142 valence electrons. The molecule has 4 rings (SSSR count). The van der Waals surface area contributed by atoms with E-state index in [9.17, 15) is 8.42 Å². The predicted octanol–water partition coefficient (Wildman–Crippen LogP) is 1.90. The van der Waals surface area contributed by atoms with Gasteiger partial charge in [0.15, 0.2) is 0 Å². The monoisotopic (exact) mass is 386 g/mol. The van der Waals surface area contributed by atoms with Crippen molar-refractivity contribution in [1.29, 1.82) is 0 Å². The summed E-state index contributed by atoms with van der Waals surface area (Å²) in [5.74, 6) is 1.51. The molecule has 1 aliphatic rings. The summed E-state index contributed by atoms with van der Waals surface area (Å²) in [5.41, 5.74) is 1.90. The third-order valence-electron chi connectivity index (χ3n) is 4.84. The fourth-order valence-electron chi connectivity index (χ4n) is 3.44. The number of piperidine rings is 1. The number of benzene rings is 1. The van der Waals surface area contributed by atoms with E-state index in [2.05, 4.69) is 20.3 Å². The second-order valence-corrected chi connectivity index (χ2v) is 8.83. The van der Waals surface area contributed by atoms with Crippen LogP contribution in [0.25, 0.3) is 16.9 Å². The first kappa shape index (κ1) is 17.9. The molecule has 0 unspecified atom stereocenters. The van der Waals surface area contributed by atoms with E-state index in [1.165, 1.54) is 6.26 Å². The Balaban J connectivity index is 1.47. The van der Waals surface area contributed by atoms with Crippen LogP contribution >= 0.6 is 0 Å².